The second-order valence-corrected chi connectivity index (χ2v) is 7.86. The Hall–Kier alpha value is -3.19. The minimum Gasteiger partial charge on any atom is -0.394 e. The first-order valence-electron chi connectivity index (χ1n) is 10.4. The average molecular weight is 418 g/mol. The van der Waals surface area contributed by atoms with Crippen LogP contribution in [-0.2, 0) is 9.53 Å². The first kappa shape index (κ1) is 21.1. The lowest BCUT2D eigenvalue weighted by Crippen LogP contribution is -2.66. The molecule has 0 aromatic heterocycles. The summed E-state index contributed by atoms with van der Waals surface area (Å²) in [4.78, 5) is 14.5. The lowest BCUT2D eigenvalue weighted by Gasteiger charge is -2.52. The van der Waals surface area contributed by atoms with Gasteiger partial charge in [0.25, 0.3) is 0 Å². The fraction of sp³-hybridized carbons (Fsp3) is 0.360. The Bertz CT molecular complexity index is 1040. The molecule has 2 aliphatic rings. The van der Waals surface area contributed by atoms with Crippen molar-refractivity contribution < 1.29 is 19.0 Å². The molecule has 2 saturated heterocycles. The molecule has 2 heterocycles. The van der Waals surface area contributed by atoms with E-state index >= 15 is 0 Å². The van der Waals surface area contributed by atoms with Gasteiger partial charge in [-0.1, -0.05) is 30.0 Å². The van der Waals surface area contributed by atoms with Gasteiger partial charge in [0.2, 0.25) is 5.91 Å². The molecule has 1 N–H and O–H groups in total. The summed E-state index contributed by atoms with van der Waals surface area (Å²) in [6.45, 7) is 0.901. The van der Waals surface area contributed by atoms with Crippen LogP contribution in [0.3, 0.4) is 0 Å². The highest BCUT2D eigenvalue weighted by Gasteiger charge is 2.52. The molecule has 4 rings (SSSR count). The van der Waals surface area contributed by atoms with E-state index in [-0.39, 0.29) is 30.2 Å². The molecule has 2 fully saturated rings. The number of likely N-dealkylation sites (tertiary alicyclic amines) is 1. The number of nitrogens with zero attached hydrogens (tertiary/aromatic N) is 2. The number of amides is 1. The summed E-state index contributed by atoms with van der Waals surface area (Å²) in [7, 11) is 0. The molecule has 0 unspecified atom stereocenters. The maximum absolute atomic E-state index is 13.3. The second-order valence-electron chi connectivity index (χ2n) is 7.86. The van der Waals surface area contributed by atoms with Gasteiger partial charge in [0, 0.05) is 36.2 Å². The van der Waals surface area contributed by atoms with Gasteiger partial charge in [0.1, 0.15) is 11.9 Å². The van der Waals surface area contributed by atoms with E-state index in [4.69, 9.17) is 4.74 Å². The number of nitriles is 1. The standard InChI is InChI=1S/C25H23FN2O3/c26-21-3-1-2-18(14-21)5-4-17-6-8-19(9-7-17)24-22(15-27)28(23(24)16-29)25(30)20-10-12-31-13-11-20/h1-3,6-9,14,20,22-24,29H,10-13,16H2/t22-,23+,24-/m0/s1. The van der Waals surface area contributed by atoms with E-state index in [0.29, 0.717) is 31.6 Å². The number of halogens is 1. The van der Waals surface area contributed by atoms with Crippen LogP contribution in [0.1, 0.15) is 35.4 Å². The van der Waals surface area contributed by atoms with E-state index in [2.05, 4.69) is 17.9 Å². The van der Waals surface area contributed by atoms with Crippen molar-refractivity contribution in [1.82, 2.24) is 4.90 Å². The number of aliphatic hydroxyl groups excluding tert-OH is 1. The summed E-state index contributed by atoms with van der Waals surface area (Å²) in [5.74, 6) is 5.14. The Kier molecular flexibility index (Phi) is 6.32. The van der Waals surface area contributed by atoms with E-state index in [0.717, 1.165) is 11.1 Å². The number of hydrogen-bond acceptors (Lipinski definition) is 4. The quantitative estimate of drug-likeness (QED) is 0.778. The normalized spacial score (nSPS) is 23.3. The molecular weight excluding hydrogens is 395 g/mol. The van der Waals surface area contributed by atoms with E-state index < -0.39 is 12.1 Å². The summed E-state index contributed by atoms with van der Waals surface area (Å²) in [5.41, 5.74) is 2.24. The molecule has 0 radical (unpaired) electrons. The molecule has 0 spiro atoms. The van der Waals surface area contributed by atoms with Crippen molar-refractivity contribution in [2.24, 2.45) is 5.92 Å². The van der Waals surface area contributed by atoms with Crippen LogP contribution in [0.25, 0.3) is 0 Å². The fourth-order valence-corrected chi connectivity index (χ4v) is 4.36. The molecule has 6 heteroatoms. The molecule has 2 aromatic rings. The number of benzene rings is 2. The third kappa shape index (κ3) is 4.32. The Labute approximate surface area is 181 Å². The van der Waals surface area contributed by atoms with Crippen molar-refractivity contribution in [3.8, 4) is 17.9 Å². The SMILES string of the molecule is N#C[C@H]1[C@H](c2ccc(C#Cc3cccc(F)c3)cc2)[C@@H](CO)N1C(=O)C1CCOCC1. The Balaban J connectivity index is 1.50. The molecule has 31 heavy (non-hydrogen) atoms. The predicted octanol–water partition coefficient (Wildman–Crippen LogP) is 2.83. The summed E-state index contributed by atoms with van der Waals surface area (Å²) in [5, 5.41) is 19.7. The highest BCUT2D eigenvalue weighted by molar-refractivity contribution is 5.81. The number of carbonyl (C=O) groups is 1. The molecule has 2 aromatic carbocycles. The molecular formula is C25H23FN2O3. The van der Waals surface area contributed by atoms with Gasteiger partial charge in [-0.2, -0.15) is 5.26 Å². The molecule has 5 nitrogen and oxygen atoms in total. The van der Waals surface area contributed by atoms with Crippen molar-refractivity contribution in [1.29, 1.82) is 5.26 Å². The van der Waals surface area contributed by atoms with Gasteiger partial charge in [-0.25, -0.2) is 4.39 Å². The largest absolute Gasteiger partial charge is 0.394 e. The van der Waals surface area contributed by atoms with Crippen LogP contribution in [0.15, 0.2) is 48.5 Å². The number of aliphatic hydroxyl groups is 1. The maximum Gasteiger partial charge on any atom is 0.227 e. The molecule has 1 amide bonds. The summed E-state index contributed by atoms with van der Waals surface area (Å²) < 4.78 is 18.6. The summed E-state index contributed by atoms with van der Waals surface area (Å²) in [6, 6.07) is 14.8. The number of hydrogen-bond donors (Lipinski definition) is 1. The van der Waals surface area contributed by atoms with Gasteiger partial charge < -0.3 is 14.7 Å². The molecule has 0 saturated carbocycles. The van der Waals surface area contributed by atoms with Gasteiger partial charge in [-0.15, -0.1) is 0 Å². The van der Waals surface area contributed by atoms with Crippen LogP contribution < -0.4 is 0 Å². The highest BCUT2D eigenvalue weighted by atomic mass is 19.1. The lowest BCUT2D eigenvalue weighted by atomic mass is 9.74. The van der Waals surface area contributed by atoms with Gasteiger partial charge in [0.05, 0.1) is 18.7 Å². The average Bonchev–Trinajstić information content (AvgIpc) is 2.79. The predicted molar refractivity (Wildman–Crippen MR) is 112 cm³/mol. The van der Waals surface area contributed by atoms with Crippen LogP contribution in [0.2, 0.25) is 0 Å². The Morgan fingerprint density at radius 3 is 2.48 bits per heavy atom. The Morgan fingerprint density at radius 2 is 1.84 bits per heavy atom. The third-order valence-corrected chi connectivity index (χ3v) is 6.03. The molecule has 3 atom stereocenters. The number of carbonyl (C=O) groups excluding carboxylic acids is 1. The van der Waals surface area contributed by atoms with Gasteiger partial charge in [0.15, 0.2) is 0 Å². The minimum absolute atomic E-state index is 0.0669. The van der Waals surface area contributed by atoms with E-state index in [1.54, 1.807) is 17.0 Å². The van der Waals surface area contributed by atoms with Gasteiger partial charge in [-0.3, -0.25) is 4.79 Å². The zero-order chi connectivity index (χ0) is 21.8. The maximum atomic E-state index is 13.3. The zero-order valence-corrected chi connectivity index (χ0v) is 17.0. The van der Waals surface area contributed by atoms with E-state index in [9.17, 15) is 19.6 Å². The Morgan fingerprint density at radius 1 is 1.13 bits per heavy atom. The van der Waals surface area contributed by atoms with Crippen molar-refractivity contribution >= 4 is 5.91 Å². The molecule has 2 aliphatic heterocycles. The van der Waals surface area contributed by atoms with E-state index in [1.807, 2.05) is 24.3 Å². The van der Waals surface area contributed by atoms with Crippen LogP contribution in [0.5, 0.6) is 0 Å². The number of rotatable bonds is 3. The zero-order valence-electron chi connectivity index (χ0n) is 17.0. The first-order valence-corrected chi connectivity index (χ1v) is 10.4. The van der Waals surface area contributed by atoms with Crippen molar-refractivity contribution in [3.05, 3.63) is 71.0 Å². The molecule has 158 valence electrons. The van der Waals surface area contributed by atoms with Crippen molar-refractivity contribution in [3.63, 3.8) is 0 Å². The van der Waals surface area contributed by atoms with Crippen LogP contribution >= 0.6 is 0 Å². The monoisotopic (exact) mass is 418 g/mol. The van der Waals surface area contributed by atoms with Crippen LogP contribution in [0.4, 0.5) is 4.39 Å². The van der Waals surface area contributed by atoms with E-state index in [1.165, 1.54) is 12.1 Å². The molecule has 0 bridgehead atoms. The van der Waals surface area contributed by atoms with Crippen LogP contribution in [-0.4, -0.2) is 47.8 Å². The summed E-state index contributed by atoms with van der Waals surface area (Å²) >= 11 is 0. The van der Waals surface area contributed by atoms with Gasteiger partial charge in [-0.05, 0) is 48.7 Å². The topological polar surface area (TPSA) is 73.6 Å². The van der Waals surface area contributed by atoms with Crippen molar-refractivity contribution in [2.45, 2.75) is 30.8 Å². The summed E-state index contributed by atoms with van der Waals surface area (Å²) in [6.07, 6.45) is 1.30. The highest BCUT2D eigenvalue weighted by Crippen LogP contribution is 2.42. The first-order chi connectivity index (χ1) is 15.1. The fourth-order valence-electron chi connectivity index (χ4n) is 4.36. The smallest absolute Gasteiger partial charge is 0.227 e. The second kappa shape index (κ2) is 9.31. The molecule has 0 aliphatic carbocycles. The number of ether oxygens (including phenoxy) is 1. The minimum atomic E-state index is -0.600. The third-order valence-electron chi connectivity index (χ3n) is 6.03. The van der Waals surface area contributed by atoms with Gasteiger partial charge >= 0.3 is 0 Å². The van der Waals surface area contributed by atoms with Crippen molar-refractivity contribution in [2.75, 3.05) is 19.8 Å². The van der Waals surface area contributed by atoms with Crippen LogP contribution in [0, 0.1) is 34.9 Å². The lowest BCUT2D eigenvalue weighted by molar-refractivity contribution is -0.154.